The number of aryl methyl sites for hydroxylation is 2. The van der Waals surface area contributed by atoms with Gasteiger partial charge in [-0.3, -0.25) is 0 Å². The fourth-order valence-corrected chi connectivity index (χ4v) is 6.22. The topological polar surface area (TPSA) is 13.0 Å². The first-order valence-corrected chi connectivity index (χ1v) is 13.3. The number of fused-ring (bicyclic) bond motifs is 3. The van der Waals surface area contributed by atoms with E-state index in [4.69, 9.17) is 0 Å². The van der Waals surface area contributed by atoms with Crippen LogP contribution in [0.3, 0.4) is 0 Å². The van der Waals surface area contributed by atoms with Crippen molar-refractivity contribution in [3.63, 3.8) is 0 Å². The predicted molar refractivity (Wildman–Crippen MR) is 158 cm³/mol. The molecule has 0 N–H and O–H groups in total. The molecule has 0 radical (unpaired) electrons. The van der Waals surface area contributed by atoms with Crippen LogP contribution < -0.4 is 9.80 Å². The molecule has 3 aliphatic rings. The summed E-state index contributed by atoms with van der Waals surface area (Å²) in [6, 6.07) is 34.4. The molecule has 0 unspecified atom stereocenters. The van der Waals surface area contributed by atoms with Gasteiger partial charge in [-0.05, 0) is 61.1 Å². The molecule has 0 saturated heterocycles. The van der Waals surface area contributed by atoms with Crippen molar-refractivity contribution < 1.29 is 21.1 Å². The second kappa shape index (κ2) is 10.0. The molecule has 0 fully saturated rings. The summed E-state index contributed by atoms with van der Waals surface area (Å²) in [5, 5.41) is 0. The third-order valence-electron chi connectivity index (χ3n) is 7.85. The Kier molecular flexibility index (Phi) is 6.63. The Morgan fingerprint density at radius 1 is 0.600 bits per heavy atom. The monoisotopic (exact) mass is 701 g/mol. The van der Waals surface area contributed by atoms with Gasteiger partial charge in [-0.2, -0.15) is 48.7 Å². The predicted octanol–water partition coefficient (Wildman–Crippen LogP) is 6.95. The smallest absolute Gasteiger partial charge is 0.510 e. The zero-order valence-electron chi connectivity index (χ0n) is 23.0. The van der Waals surface area contributed by atoms with E-state index in [2.05, 4.69) is 157 Å². The van der Waals surface area contributed by atoms with Crippen LogP contribution in [0.2, 0.25) is 0 Å². The van der Waals surface area contributed by atoms with Crippen LogP contribution in [0, 0.1) is 39.3 Å². The van der Waals surface area contributed by atoms with Crippen molar-refractivity contribution in [1.82, 2.24) is 9.80 Å². The molecule has 2 aliphatic heterocycles. The number of benzene rings is 4. The van der Waals surface area contributed by atoms with Crippen LogP contribution in [-0.4, -0.2) is 23.9 Å². The van der Waals surface area contributed by atoms with Crippen LogP contribution in [0.15, 0.2) is 97.6 Å². The van der Waals surface area contributed by atoms with Gasteiger partial charge in [0.15, 0.2) is 0 Å². The maximum absolute atomic E-state index is 3.88. The van der Waals surface area contributed by atoms with Gasteiger partial charge in [-0.25, -0.2) is 0 Å². The molecular formula is C35H30N4Pt. The van der Waals surface area contributed by atoms with E-state index in [0.717, 1.165) is 22.5 Å². The van der Waals surface area contributed by atoms with Crippen LogP contribution in [-0.2, 0) is 26.5 Å². The first kappa shape index (κ1) is 26.5. The van der Waals surface area contributed by atoms with E-state index in [1.54, 1.807) is 0 Å². The molecule has 40 heavy (non-hydrogen) atoms. The Bertz CT molecular complexity index is 1530. The summed E-state index contributed by atoms with van der Waals surface area (Å²) in [5.74, 6) is 0. The van der Waals surface area contributed by atoms with Gasteiger partial charge < -0.3 is 19.6 Å². The molecule has 200 valence electrons. The SMILES string of the molecule is Cc1cc(N2C=CN(C)[CH-]2)[c-]c(C2(c3[c-]c(N4C=CN(C)[CH-]4)cc(C)c3)c3ccccc3-c3ccccc32)c1.[Pt+4]. The van der Waals surface area contributed by atoms with Gasteiger partial charge in [-0.15, -0.1) is 34.6 Å². The van der Waals surface area contributed by atoms with E-state index >= 15 is 0 Å². The van der Waals surface area contributed by atoms with Gasteiger partial charge in [0.2, 0.25) is 0 Å². The van der Waals surface area contributed by atoms with Crippen molar-refractivity contribution in [2.75, 3.05) is 23.9 Å². The van der Waals surface area contributed by atoms with Crippen molar-refractivity contribution in [3.05, 3.63) is 156 Å². The molecule has 0 aromatic heterocycles. The Morgan fingerprint density at radius 2 is 1.02 bits per heavy atom. The van der Waals surface area contributed by atoms with Gasteiger partial charge in [0.25, 0.3) is 0 Å². The number of rotatable bonds is 4. The molecule has 0 amide bonds. The van der Waals surface area contributed by atoms with E-state index in [-0.39, 0.29) is 21.1 Å². The molecule has 0 saturated carbocycles. The Morgan fingerprint density at radius 3 is 1.43 bits per heavy atom. The minimum absolute atomic E-state index is 0. The van der Waals surface area contributed by atoms with E-state index in [1.165, 1.54) is 33.4 Å². The first-order chi connectivity index (χ1) is 18.9. The maximum atomic E-state index is 3.88. The van der Waals surface area contributed by atoms with Gasteiger partial charge in [0.1, 0.15) is 0 Å². The first-order valence-electron chi connectivity index (χ1n) is 13.3. The molecule has 2 heterocycles. The Hall–Kier alpha value is -3.75. The molecular weight excluding hydrogens is 671 g/mol. The molecule has 5 heteroatoms. The molecule has 0 spiro atoms. The van der Waals surface area contributed by atoms with Crippen molar-refractivity contribution in [2.45, 2.75) is 19.3 Å². The Labute approximate surface area is 252 Å². The largest absolute Gasteiger partial charge is 4.00 e. The average molecular weight is 702 g/mol. The summed E-state index contributed by atoms with van der Waals surface area (Å²) in [4.78, 5) is 8.40. The molecule has 4 nitrogen and oxygen atoms in total. The summed E-state index contributed by atoms with van der Waals surface area (Å²) in [6.07, 6.45) is 8.29. The van der Waals surface area contributed by atoms with Crippen molar-refractivity contribution >= 4 is 11.4 Å². The third-order valence-corrected chi connectivity index (χ3v) is 7.85. The molecule has 4 aromatic carbocycles. The van der Waals surface area contributed by atoms with E-state index in [1.807, 2.05) is 14.1 Å². The van der Waals surface area contributed by atoms with Crippen molar-refractivity contribution in [3.8, 4) is 11.1 Å². The summed E-state index contributed by atoms with van der Waals surface area (Å²) in [7, 11) is 4.09. The standard InChI is InChI=1S/C35H30N4.Pt/c1-25-17-27(21-29(19-25)38-15-13-36(3)23-38)35(28-18-26(2)20-30(22-28)39-16-14-37(4)24-39)33-11-7-5-9-31(33)32-10-6-8-12-34(32)35;/h5-20,23-24H,1-4H3;/q-4;+4. The third kappa shape index (κ3) is 4.09. The van der Waals surface area contributed by atoms with Crippen molar-refractivity contribution in [2.24, 2.45) is 0 Å². The van der Waals surface area contributed by atoms with Gasteiger partial charge >= 0.3 is 21.1 Å². The summed E-state index contributed by atoms with van der Waals surface area (Å²) in [6.45, 7) is 8.52. The Balaban J connectivity index is 0.00000289. The summed E-state index contributed by atoms with van der Waals surface area (Å²) >= 11 is 0. The fourth-order valence-electron chi connectivity index (χ4n) is 6.22. The van der Waals surface area contributed by atoms with Crippen LogP contribution in [0.4, 0.5) is 11.4 Å². The van der Waals surface area contributed by atoms with Gasteiger partial charge in [0.05, 0.1) is 0 Å². The maximum Gasteiger partial charge on any atom is 4.00 e. The van der Waals surface area contributed by atoms with Crippen LogP contribution in [0.5, 0.6) is 0 Å². The van der Waals surface area contributed by atoms with E-state index in [9.17, 15) is 0 Å². The van der Waals surface area contributed by atoms with E-state index in [0.29, 0.717) is 0 Å². The normalized spacial score (nSPS) is 16.4. The van der Waals surface area contributed by atoms with Crippen molar-refractivity contribution in [1.29, 1.82) is 0 Å². The number of hydrogen-bond acceptors (Lipinski definition) is 4. The number of hydrogen-bond donors (Lipinski definition) is 0. The minimum atomic E-state index is -0.570. The average Bonchev–Trinajstić information content (AvgIpc) is 3.64. The zero-order chi connectivity index (χ0) is 26.7. The molecule has 1 aliphatic carbocycles. The fraction of sp³-hybridized carbons (Fsp3) is 0.143. The zero-order valence-corrected chi connectivity index (χ0v) is 25.3. The molecule has 0 bridgehead atoms. The number of nitrogens with zero attached hydrogens (tertiary/aromatic N) is 4. The molecule has 7 rings (SSSR count). The minimum Gasteiger partial charge on any atom is -0.510 e. The summed E-state index contributed by atoms with van der Waals surface area (Å²) in [5.41, 5.74) is 11.2. The number of anilines is 2. The molecule has 0 atom stereocenters. The van der Waals surface area contributed by atoms with Crippen LogP contribution >= 0.6 is 0 Å². The van der Waals surface area contributed by atoms with Gasteiger partial charge in [0, 0.05) is 5.41 Å². The summed E-state index contributed by atoms with van der Waals surface area (Å²) < 4.78 is 0. The molecule has 4 aromatic rings. The van der Waals surface area contributed by atoms with Crippen LogP contribution in [0.25, 0.3) is 11.1 Å². The second-order valence-electron chi connectivity index (χ2n) is 10.7. The second-order valence-corrected chi connectivity index (χ2v) is 10.7. The van der Waals surface area contributed by atoms with Crippen LogP contribution in [0.1, 0.15) is 33.4 Å². The van der Waals surface area contributed by atoms with Gasteiger partial charge in [-0.1, -0.05) is 62.4 Å². The van der Waals surface area contributed by atoms with E-state index < -0.39 is 5.41 Å². The quantitative estimate of drug-likeness (QED) is 0.188.